The molecule has 0 spiro atoms. The van der Waals surface area contributed by atoms with E-state index >= 15 is 0 Å². The number of anilines is 3. The molecular weight excluding hydrogens is 433 g/mol. The van der Waals surface area contributed by atoms with Crippen molar-refractivity contribution in [3.8, 4) is 0 Å². The summed E-state index contributed by atoms with van der Waals surface area (Å²) in [5.41, 5.74) is 1.36. The molecule has 1 aromatic carbocycles. The SMILES string of the molecule is O=C1Nc2nc(NCC3CCN(CC(F)(F)F)CC3)ncc2CN1c1ccccc1Cl. The van der Waals surface area contributed by atoms with Crippen LogP contribution in [0.5, 0.6) is 0 Å². The van der Waals surface area contributed by atoms with E-state index in [2.05, 4.69) is 20.6 Å². The molecule has 2 amide bonds. The molecule has 2 aromatic rings. The van der Waals surface area contributed by atoms with Gasteiger partial charge in [0.05, 0.1) is 23.8 Å². The molecule has 0 aliphatic carbocycles. The summed E-state index contributed by atoms with van der Waals surface area (Å²) in [6, 6.07) is 6.76. The molecule has 0 unspecified atom stereocenters. The number of aromatic nitrogens is 2. The minimum absolute atomic E-state index is 0.245. The third-order valence-corrected chi connectivity index (χ3v) is 5.79. The number of alkyl halides is 3. The van der Waals surface area contributed by atoms with Crippen molar-refractivity contribution in [1.82, 2.24) is 14.9 Å². The lowest BCUT2D eigenvalue weighted by Crippen LogP contribution is -2.41. The van der Waals surface area contributed by atoms with Crippen LogP contribution in [-0.4, -0.2) is 53.3 Å². The molecule has 2 aliphatic heterocycles. The summed E-state index contributed by atoms with van der Waals surface area (Å²) in [5.74, 6) is 1.06. The third-order valence-electron chi connectivity index (χ3n) is 5.47. The molecule has 0 radical (unpaired) electrons. The van der Waals surface area contributed by atoms with Crippen molar-refractivity contribution >= 4 is 35.1 Å². The highest BCUT2D eigenvalue weighted by molar-refractivity contribution is 6.34. The maximum absolute atomic E-state index is 12.5. The van der Waals surface area contributed by atoms with Crippen molar-refractivity contribution < 1.29 is 18.0 Å². The van der Waals surface area contributed by atoms with Gasteiger partial charge in [0, 0.05) is 18.3 Å². The molecule has 2 N–H and O–H groups in total. The fourth-order valence-corrected chi connectivity index (χ4v) is 4.07. The number of fused-ring (bicyclic) bond motifs is 1. The number of benzene rings is 1. The average Bonchev–Trinajstić information content (AvgIpc) is 2.72. The van der Waals surface area contributed by atoms with Crippen molar-refractivity contribution in [2.24, 2.45) is 5.92 Å². The van der Waals surface area contributed by atoms with Gasteiger partial charge in [0.2, 0.25) is 5.95 Å². The Kier molecular flexibility index (Phi) is 6.19. The summed E-state index contributed by atoms with van der Waals surface area (Å²) >= 11 is 6.21. The van der Waals surface area contributed by atoms with E-state index in [1.807, 2.05) is 0 Å². The number of para-hydroxylation sites is 1. The first-order chi connectivity index (χ1) is 14.8. The minimum Gasteiger partial charge on any atom is -0.354 e. The van der Waals surface area contributed by atoms with Crippen LogP contribution in [0.15, 0.2) is 30.5 Å². The smallest absolute Gasteiger partial charge is 0.354 e. The summed E-state index contributed by atoms with van der Waals surface area (Å²) in [6.45, 7) is 0.850. The Morgan fingerprint density at radius 3 is 2.68 bits per heavy atom. The van der Waals surface area contributed by atoms with Crippen molar-refractivity contribution in [3.05, 3.63) is 41.0 Å². The van der Waals surface area contributed by atoms with Crippen LogP contribution in [0.25, 0.3) is 0 Å². The van der Waals surface area contributed by atoms with Crippen molar-refractivity contribution in [3.63, 3.8) is 0 Å². The molecule has 2 aliphatic rings. The van der Waals surface area contributed by atoms with E-state index < -0.39 is 12.7 Å². The second-order valence-electron chi connectivity index (χ2n) is 7.75. The minimum atomic E-state index is -4.16. The molecule has 0 bridgehead atoms. The number of carbonyl (C=O) groups excluding carboxylic acids is 1. The van der Waals surface area contributed by atoms with Crippen LogP contribution in [-0.2, 0) is 6.54 Å². The van der Waals surface area contributed by atoms with Crippen molar-refractivity contribution in [1.29, 1.82) is 0 Å². The van der Waals surface area contributed by atoms with Gasteiger partial charge in [-0.25, -0.2) is 9.78 Å². The van der Waals surface area contributed by atoms with E-state index in [1.165, 1.54) is 9.80 Å². The van der Waals surface area contributed by atoms with Crippen LogP contribution in [0.4, 0.5) is 35.4 Å². The van der Waals surface area contributed by atoms with Gasteiger partial charge in [-0.1, -0.05) is 23.7 Å². The van der Waals surface area contributed by atoms with Crippen molar-refractivity contribution in [2.45, 2.75) is 25.6 Å². The van der Waals surface area contributed by atoms with E-state index in [4.69, 9.17) is 11.6 Å². The number of piperidine rings is 1. The summed E-state index contributed by atoms with van der Waals surface area (Å²) in [6.07, 6.45) is -1.15. The summed E-state index contributed by atoms with van der Waals surface area (Å²) in [7, 11) is 0. The zero-order valence-corrected chi connectivity index (χ0v) is 17.4. The van der Waals surface area contributed by atoms with Gasteiger partial charge >= 0.3 is 12.2 Å². The number of rotatable bonds is 5. The highest BCUT2D eigenvalue weighted by Gasteiger charge is 2.32. The molecule has 1 saturated heterocycles. The Morgan fingerprint density at radius 1 is 1.23 bits per heavy atom. The first-order valence-corrected chi connectivity index (χ1v) is 10.4. The van der Waals surface area contributed by atoms with Crippen LogP contribution in [0, 0.1) is 5.92 Å². The highest BCUT2D eigenvalue weighted by atomic mass is 35.5. The monoisotopic (exact) mass is 454 g/mol. The zero-order chi connectivity index (χ0) is 22.0. The van der Waals surface area contributed by atoms with E-state index in [1.54, 1.807) is 30.5 Å². The van der Waals surface area contributed by atoms with E-state index in [0.29, 0.717) is 61.5 Å². The molecule has 0 saturated carbocycles. The number of nitrogens with one attached hydrogen (secondary N) is 2. The number of urea groups is 1. The molecule has 3 heterocycles. The third kappa shape index (κ3) is 5.37. The van der Waals surface area contributed by atoms with E-state index in [9.17, 15) is 18.0 Å². The molecule has 4 rings (SSSR count). The number of halogens is 4. The van der Waals surface area contributed by atoms with Gasteiger partial charge in [-0.15, -0.1) is 0 Å². The molecule has 166 valence electrons. The number of hydrogen-bond donors (Lipinski definition) is 2. The number of carbonyl (C=O) groups is 1. The maximum Gasteiger partial charge on any atom is 0.401 e. The average molecular weight is 455 g/mol. The van der Waals surface area contributed by atoms with Gasteiger partial charge in [0.1, 0.15) is 5.82 Å². The topological polar surface area (TPSA) is 73.4 Å². The van der Waals surface area contributed by atoms with Gasteiger partial charge in [0.15, 0.2) is 0 Å². The standard InChI is InChI=1S/C20H22ClF3N6O/c21-15-3-1-2-4-16(15)30-11-14-10-26-18(27-17(14)28-19(30)31)25-9-13-5-7-29(8-6-13)12-20(22,23)24/h1-4,10,13H,5-9,11-12H2,(H2,25,26,27,28,31). The largest absolute Gasteiger partial charge is 0.401 e. The van der Waals surface area contributed by atoms with Gasteiger partial charge in [0.25, 0.3) is 0 Å². The highest BCUT2D eigenvalue weighted by Crippen LogP contribution is 2.31. The Balaban J connectivity index is 1.33. The first-order valence-electron chi connectivity index (χ1n) is 10.0. The lowest BCUT2D eigenvalue weighted by atomic mass is 9.97. The van der Waals surface area contributed by atoms with Gasteiger partial charge in [-0.2, -0.15) is 18.2 Å². The molecule has 31 heavy (non-hydrogen) atoms. The summed E-state index contributed by atoms with van der Waals surface area (Å²) in [5, 5.41) is 6.38. The van der Waals surface area contributed by atoms with Crippen LogP contribution in [0.1, 0.15) is 18.4 Å². The number of hydrogen-bond acceptors (Lipinski definition) is 5. The Hall–Kier alpha value is -2.59. The van der Waals surface area contributed by atoms with Gasteiger partial charge in [-0.3, -0.25) is 15.1 Å². The normalized spacial score (nSPS) is 17.9. The van der Waals surface area contributed by atoms with E-state index in [-0.39, 0.29) is 11.9 Å². The van der Waals surface area contributed by atoms with Crippen LogP contribution in [0.3, 0.4) is 0 Å². The molecule has 0 atom stereocenters. The molecule has 1 fully saturated rings. The Bertz CT molecular complexity index is 949. The second kappa shape index (κ2) is 8.88. The van der Waals surface area contributed by atoms with Gasteiger partial charge in [-0.05, 0) is 44.0 Å². The van der Waals surface area contributed by atoms with Crippen LogP contribution >= 0.6 is 11.6 Å². The molecule has 7 nitrogen and oxygen atoms in total. The second-order valence-corrected chi connectivity index (χ2v) is 8.16. The summed E-state index contributed by atoms with van der Waals surface area (Å²) < 4.78 is 37.5. The first kappa shape index (κ1) is 21.6. The number of likely N-dealkylation sites (tertiary alicyclic amines) is 1. The maximum atomic E-state index is 12.5. The van der Waals surface area contributed by atoms with Crippen LogP contribution < -0.4 is 15.5 Å². The Labute approximate surface area is 182 Å². The predicted molar refractivity (Wildman–Crippen MR) is 112 cm³/mol. The fraction of sp³-hybridized carbons (Fsp3) is 0.450. The lowest BCUT2D eigenvalue weighted by molar-refractivity contribution is -0.148. The Morgan fingerprint density at radius 2 is 1.97 bits per heavy atom. The predicted octanol–water partition coefficient (Wildman–Crippen LogP) is 4.37. The lowest BCUT2D eigenvalue weighted by Gasteiger charge is -2.32. The van der Waals surface area contributed by atoms with Crippen molar-refractivity contribution in [2.75, 3.05) is 41.7 Å². The fourth-order valence-electron chi connectivity index (χ4n) is 3.83. The van der Waals surface area contributed by atoms with Crippen LogP contribution in [0.2, 0.25) is 5.02 Å². The van der Waals surface area contributed by atoms with E-state index in [0.717, 1.165) is 5.56 Å². The number of nitrogens with zero attached hydrogens (tertiary/aromatic N) is 4. The molecular formula is C20H22ClF3N6O. The quantitative estimate of drug-likeness (QED) is 0.702. The summed E-state index contributed by atoms with van der Waals surface area (Å²) in [4.78, 5) is 24.2. The molecule has 1 aromatic heterocycles. The zero-order valence-electron chi connectivity index (χ0n) is 16.6. The molecule has 11 heteroatoms. The van der Waals surface area contributed by atoms with Gasteiger partial charge < -0.3 is 5.32 Å². The number of amides is 2.